The summed E-state index contributed by atoms with van der Waals surface area (Å²) in [7, 11) is 0. The van der Waals surface area contributed by atoms with Crippen LogP contribution in [0.5, 0.6) is 0 Å². The van der Waals surface area contributed by atoms with Crippen molar-refractivity contribution in [3.63, 3.8) is 0 Å². The number of hydrogen-bond donors (Lipinski definition) is 3. The highest BCUT2D eigenvalue weighted by Gasteiger charge is 2.08. The fourth-order valence-electron chi connectivity index (χ4n) is 1.84. The first kappa shape index (κ1) is 13.7. The fraction of sp³-hybridized carbons (Fsp3) is 0.357. The Balaban J connectivity index is 1.98. The highest BCUT2D eigenvalue weighted by atomic mass is 16.3. The molecule has 5 nitrogen and oxygen atoms in total. The molecule has 1 aromatic carbocycles. The highest BCUT2D eigenvalue weighted by molar-refractivity contribution is 5.35. The quantitative estimate of drug-likeness (QED) is 0.722. The van der Waals surface area contributed by atoms with E-state index in [1.54, 1.807) is 12.5 Å². The van der Waals surface area contributed by atoms with Crippen LogP contribution < -0.4 is 5.32 Å². The molecule has 0 fully saturated rings. The molecule has 102 valence electrons. The molecule has 0 bridgehead atoms. The second kappa shape index (κ2) is 6.47. The van der Waals surface area contributed by atoms with E-state index in [0.717, 1.165) is 11.3 Å². The number of nitrogens with zero attached hydrogens (tertiary/aromatic N) is 2. The first-order valence-electron chi connectivity index (χ1n) is 6.31. The lowest BCUT2D eigenvalue weighted by Gasteiger charge is -2.16. The summed E-state index contributed by atoms with van der Waals surface area (Å²) in [4.78, 5) is 4.01. The van der Waals surface area contributed by atoms with Gasteiger partial charge in [0.05, 0.1) is 19.0 Å². The summed E-state index contributed by atoms with van der Waals surface area (Å²) in [6.45, 7) is 2.18. The standard InChI is InChI=1S/C14H19N3O2/c1-11(16-8-14(19)9-18)12-2-4-13(5-3-12)17-7-6-15-10-17/h2-7,10-11,14,16,18-19H,8-9H2,1H3. The van der Waals surface area contributed by atoms with Crippen molar-refractivity contribution in [2.45, 2.75) is 19.1 Å². The van der Waals surface area contributed by atoms with Gasteiger partial charge in [0.1, 0.15) is 0 Å². The molecule has 0 spiro atoms. The molecule has 3 N–H and O–H groups in total. The molecule has 2 rings (SSSR count). The molecule has 0 saturated heterocycles. The van der Waals surface area contributed by atoms with E-state index in [9.17, 15) is 5.11 Å². The maximum Gasteiger partial charge on any atom is 0.0991 e. The molecule has 0 amide bonds. The zero-order chi connectivity index (χ0) is 13.7. The first-order valence-corrected chi connectivity index (χ1v) is 6.31. The van der Waals surface area contributed by atoms with E-state index in [2.05, 4.69) is 10.3 Å². The van der Waals surface area contributed by atoms with Crippen LogP contribution in [-0.2, 0) is 0 Å². The van der Waals surface area contributed by atoms with Crippen LogP contribution in [0.1, 0.15) is 18.5 Å². The number of hydrogen-bond acceptors (Lipinski definition) is 4. The van der Waals surface area contributed by atoms with Crippen LogP contribution in [0.4, 0.5) is 0 Å². The van der Waals surface area contributed by atoms with Crippen LogP contribution in [0.15, 0.2) is 43.0 Å². The second-order valence-corrected chi connectivity index (χ2v) is 4.53. The van der Waals surface area contributed by atoms with E-state index >= 15 is 0 Å². The van der Waals surface area contributed by atoms with Gasteiger partial charge in [0.15, 0.2) is 0 Å². The molecule has 0 radical (unpaired) electrons. The Kier molecular flexibility index (Phi) is 4.68. The molecule has 2 atom stereocenters. The first-order chi connectivity index (χ1) is 9.20. The summed E-state index contributed by atoms with van der Waals surface area (Å²) in [5.74, 6) is 0. The molecule has 19 heavy (non-hydrogen) atoms. The maximum absolute atomic E-state index is 9.30. The Bertz CT molecular complexity index is 482. The SMILES string of the molecule is CC(NCC(O)CO)c1ccc(-n2ccnc2)cc1. The van der Waals surface area contributed by atoms with Crippen molar-refractivity contribution in [1.29, 1.82) is 0 Å². The third kappa shape index (κ3) is 3.64. The normalized spacial score (nSPS) is 14.3. The van der Waals surface area contributed by atoms with Crippen molar-refractivity contribution in [2.75, 3.05) is 13.2 Å². The minimum Gasteiger partial charge on any atom is -0.394 e. The van der Waals surface area contributed by atoms with E-state index in [4.69, 9.17) is 5.11 Å². The summed E-state index contributed by atoms with van der Waals surface area (Å²) < 4.78 is 1.94. The highest BCUT2D eigenvalue weighted by Crippen LogP contribution is 2.15. The fourth-order valence-corrected chi connectivity index (χ4v) is 1.84. The lowest BCUT2D eigenvalue weighted by Crippen LogP contribution is -2.31. The van der Waals surface area contributed by atoms with E-state index < -0.39 is 6.10 Å². The number of aliphatic hydroxyl groups excluding tert-OH is 2. The van der Waals surface area contributed by atoms with Gasteiger partial charge in [-0.1, -0.05) is 12.1 Å². The molecular weight excluding hydrogens is 242 g/mol. The molecule has 5 heteroatoms. The van der Waals surface area contributed by atoms with Crippen molar-refractivity contribution in [3.8, 4) is 5.69 Å². The Morgan fingerprint density at radius 3 is 2.63 bits per heavy atom. The summed E-state index contributed by atoms with van der Waals surface area (Å²) >= 11 is 0. The third-order valence-electron chi connectivity index (χ3n) is 3.07. The average molecular weight is 261 g/mol. The average Bonchev–Trinajstić information content (AvgIpc) is 2.98. The third-order valence-corrected chi connectivity index (χ3v) is 3.07. The largest absolute Gasteiger partial charge is 0.394 e. The summed E-state index contributed by atoms with van der Waals surface area (Å²) in [5.41, 5.74) is 2.19. The molecule has 0 saturated carbocycles. The monoisotopic (exact) mass is 261 g/mol. The summed E-state index contributed by atoms with van der Waals surface area (Å²) in [6.07, 6.45) is 4.68. The predicted octanol–water partition coefficient (Wildman–Crippen LogP) is 0.876. The number of imidazole rings is 1. The molecule has 0 aliphatic rings. The van der Waals surface area contributed by atoms with Crippen molar-refractivity contribution in [3.05, 3.63) is 48.5 Å². The number of aromatic nitrogens is 2. The van der Waals surface area contributed by atoms with E-state index in [-0.39, 0.29) is 12.6 Å². The van der Waals surface area contributed by atoms with Crippen LogP contribution in [0.3, 0.4) is 0 Å². The summed E-state index contributed by atoms with van der Waals surface area (Å²) in [6, 6.07) is 8.25. The van der Waals surface area contributed by atoms with Crippen LogP contribution in [0, 0.1) is 0 Å². The minimum atomic E-state index is -0.715. The lowest BCUT2D eigenvalue weighted by molar-refractivity contribution is 0.0924. The molecule has 0 aliphatic carbocycles. The Hall–Kier alpha value is -1.69. The van der Waals surface area contributed by atoms with Crippen LogP contribution in [-0.4, -0.2) is 39.0 Å². The van der Waals surface area contributed by atoms with Gasteiger partial charge < -0.3 is 20.1 Å². The zero-order valence-corrected chi connectivity index (χ0v) is 10.9. The Morgan fingerprint density at radius 1 is 1.32 bits per heavy atom. The Labute approximate surface area is 112 Å². The van der Waals surface area contributed by atoms with Gasteiger partial charge in [-0.15, -0.1) is 0 Å². The van der Waals surface area contributed by atoms with E-state index in [1.807, 2.05) is 42.0 Å². The minimum absolute atomic E-state index is 0.123. The maximum atomic E-state index is 9.30. The van der Waals surface area contributed by atoms with Crippen LogP contribution in [0.2, 0.25) is 0 Å². The van der Waals surface area contributed by atoms with Gasteiger partial charge >= 0.3 is 0 Å². The van der Waals surface area contributed by atoms with Crippen LogP contribution in [0.25, 0.3) is 5.69 Å². The van der Waals surface area contributed by atoms with E-state index in [1.165, 1.54) is 0 Å². The van der Waals surface area contributed by atoms with Gasteiger partial charge in [0.25, 0.3) is 0 Å². The van der Waals surface area contributed by atoms with Crippen molar-refractivity contribution in [1.82, 2.24) is 14.9 Å². The molecule has 1 heterocycles. The topological polar surface area (TPSA) is 70.3 Å². The molecular formula is C14H19N3O2. The molecule has 1 aromatic heterocycles. The molecule has 2 aromatic rings. The number of nitrogens with one attached hydrogen (secondary N) is 1. The van der Waals surface area contributed by atoms with Gasteiger partial charge in [0, 0.05) is 30.7 Å². The predicted molar refractivity (Wildman–Crippen MR) is 73.1 cm³/mol. The summed E-state index contributed by atoms with van der Waals surface area (Å²) in [5, 5.41) is 21.2. The van der Waals surface area contributed by atoms with Crippen molar-refractivity contribution < 1.29 is 10.2 Å². The smallest absolute Gasteiger partial charge is 0.0991 e. The van der Waals surface area contributed by atoms with Gasteiger partial charge in [-0.05, 0) is 24.6 Å². The zero-order valence-electron chi connectivity index (χ0n) is 10.9. The van der Waals surface area contributed by atoms with Crippen LogP contribution >= 0.6 is 0 Å². The van der Waals surface area contributed by atoms with Gasteiger partial charge in [-0.3, -0.25) is 0 Å². The van der Waals surface area contributed by atoms with Gasteiger partial charge in [0.2, 0.25) is 0 Å². The lowest BCUT2D eigenvalue weighted by atomic mass is 10.1. The number of benzene rings is 1. The van der Waals surface area contributed by atoms with Crippen molar-refractivity contribution in [2.24, 2.45) is 0 Å². The van der Waals surface area contributed by atoms with Gasteiger partial charge in [-0.25, -0.2) is 4.98 Å². The van der Waals surface area contributed by atoms with Crippen molar-refractivity contribution >= 4 is 0 Å². The molecule has 2 unspecified atom stereocenters. The Morgan fingerprint density at radius 2 is 2.05 bits per heavy atom. The molecule has 0 aliphatic heterocycles. The van der Waals surface area contributed by atoms with Gasteiger partial charge in [-0.2, -0.15) is 0 Å². The van der Waals surface area contributed by atoms with E-state index in [0.29, 0.717) is 6.54 Å². The number of rotatable bonds is 6. The number of aliphatic hydroxyl groups is 2. The second-order valence-electron chi connectivity index (χ2n) is 4.53.